The Morgan fingerprint density at radius 3 is 2.58 bits per heavy atom. The number of nitrogens with one attached hydrogen (secondary N) is 1. The van der Waals surface area contributed by atoms with Gasteiger partial charge < -0.3 is 11.1 Å². The largest absolute Gasteiger partial charge is 0.366 e. The molecule has 0 radical (unpaired) electrons. The van der Waals surface area contributed by atoms with E-state index in [-0.39, 0.29) is 5.91 Å². The van der Waals surface area contributed by atoms with Gasteiger partial charge in [0.05, 0.1) is 0 Å². The summed E-state index contributed by atoms with van der Waals surface area (Å²) >= 11 is 0. The average Bonchev–Trinajstić information content (AvgIpc) is 2.46. The summed E-state index contributed by atoms with van der Waals surface area (Å²) in [5.74, 6) is 0.572. The third-order valence-electron chi connectivity index (χ3n) is 4.29. The van der Waals surface area contributed by atoms with Crippen LogP contribution in [0.5, 0.6) is 0 Å². The Labute approximate surface area is 115 Å². The molecule has 3 N–H and O–H groups in total. The number of primary amides is 1. The van der Waals surface area contributed by atoms with Crippen LogP contribution in [0.3, 0.4) is 0 Å². The fourth-order valence-corrected chi connectivity index (χ4v) is 2.94. The summed E-state index contributed by atoms with van der Waals surface area (Å²) in [6.45, 7) is 3.02. The van der Waals surface area contributed by atoms with Crippen LogP contribution in [0.15, 0.2) is 24.3 Å². The van der Waals surface area contributed by atoms with E-state index in [1.165, 1.54) is 32.1 Å². The maximum absolute atomic E-state index is 11.3. The van der Waals surface area contributed by atoms with Crippen molar-refractivity contribution in [3.05, 3.63) is 35.4 Å². The molecule has 104 valence electrons. The zero-order valence-electron chi connectivity index (χ0n) is 11.7. The Kier molecular flexibility index (Phi) is 4.97. The van der Waals surface area contributed by atoms with Gasteiger partial charge in [-0.2, -0.15) is 0 Å². The lowest BCUT2D eigenvalue weighted by Crippen LogP contribution is -2.33. The SMILES string of the molecule is CCC1CCC(NCc2ccccc2C(N)=O)CC1. The minimum absolute atomic E-state index is 0.341. The zero-order valence-corrected chi connectivity index (χ0v) is 11.7. The number of amides is 1. The number of carbonyl (C=O) groups excluding carboxylic acids is 1. The molecule has 1 fully saturated rings. The van der Waals surface area contributed by atoms with E-state index in [1.54, 1.807) is 6.07 Å². The van der Waals surface area contributed by atoms with Gasteiger partial charge in [-0.25, -0.2) is 0 Å². The van der Waals surface area contributed by atoms with Crippen LogP contribution in [-0.4, -0.2) is 11.9 Å². The van der Waals surface area contributed by atoms with E-state index < -0.39 is 0 Å². The van der Waals surface area contributed by atoms with Gasteiger partial charge in [-0.3, -0.25) is 4.79 Å². The summed E-state index contributed by atoms with van der Waals surface area (Å²) in [5, 5.41) is 3.57. The van der Waals surface area contributed by atoms with Crippen LogP contribution >= 0.6 is 0 Å². The van der Waals surface area contributed by atoms with Gasteiger partial charge in [0.15, 0.2) is 0 Å². The summed E-state index contributed by atoms with van der Waals surface area (Å²) in [6.07, 6.45) is 6.45. The van der Waals surface area contributed by atoms with Gasteiger partial charge in [0, 0.05) is 18.2 Å². The molecule has 0 aromatic heterocycles. The van der Waals surface area contributed by atoms with E-state index in [0.29, 0.717) is 11.6 Å². The molecule has 0 unspecified atom stereocenters. The lowest BCUT2D eigenvalue weighted by atomic mass is 9.84. The standard InChI is InChI=1S/C16H24N2O/c1-2-12-7-9-14(10-8-12)18-11-13-5-3-4-6-15(13)16(17)19/h3-6,12,14,18H,2,7-11H2,1H3,(H2,17,19). The maximum Gasteiger partial charge on any atom is 0.249 e. The van der Waals surface area contributed by atoms with Crippen molar-refractivity contribution in [3.8, 4) is 0 Å². The highest BCUT2D eigenvalue weighted by molar-refractivity contribution is 5.94. The molecule has 0 spiro atoms. The molecule has 0 bridgehead atoms. The molecule has 1 aromatic carbocycles. The highest BCUT2D eigenvalue weighted by atomic mass is 16.1. The minimum Gasteiger partial charge on any atom is -0.366 e. The van der Waals surface area contributed by atoms with Crippen LogP contribution in [0.25, 0.3) is 0 Å². The number of hydrogen-bond donors (Lipinski definition) is 2. The second-order valence-corrected chi connectivity index (χ2v) is 5.53. The maximum atomic E-state index is 11.3. The smallest absolute Gasteiger partial charge is 0.249 e. The Bertz CT molecular complexity index is 423. The van der Waals surface area contributed by atoms with Crippen LogP contribution in [0, 0.1) is 5.92 Å². The van der Waals surface area contributed by atoms with Crippen LogP contribution in [0.1, 0.15) is 54.9 Å². The van der Waals surface area contributed by atoms with Crippen molar-refractivity contribution < 1.29 is 4.79 Å². The van der Waals surface area contributed by atoms with Gasteiger partial charge in [0.1, 0.15) is 0 Å². The van der Waals surface area contributed by atoms with E-state index in [0.717, 1.165) is 18.0 Å². The van der Waals surface area contributed by atoms with E-state index in [1.807, 2.05) is 18.2 Å². The first-order valence-corrected chi connectivity index (χ1v) is 7.31. The van der Waals surface area contributed by atoms with Crippen molar-refractivity contribution in [1.29, 1.82) is 0 Å². The molecule has 19 heavy (non-hydrogen) atoms. The average molecular weight is 260 g/mol. The molecular formula is C16H24N2O. The first-order valence-electron chi connectivity index (χ1n) is 7.31. The molecule has 2 rings (SSSR count). The molecule has 0 heterocycles. The van der Waals surface area contributed by atoms with Crippen LogP contribution in [0.4, 0.5) is 0 Å². The molecule has 3 heteroatoms. The van der Waals surface area contributed by atoms with Gasteiger partial charge in [0.25, 0.3) is 0 Å². The topological polar surface area (TPSA) is 55.1 Å². The van der Waals surface area contributed by atoms with Gasteiger partial charge in [-0.1, -0.05) is 31.5 Å². The van der Waals surface area contributed by atoms with Crippen LogP contribution in [0.2, 0.25) is 0 Å². The van der Waals surface area contributed by atoms with Crippen molar-refractivity contribution in [1.82, 2.24) is 5.32 Å². The number of hydrogen-bond acceptors (Lipinski definition) is 2. The Balaban J connectivity index is 1.88. The van der Waals surface area contributed by atoms with E-state index >= 15 is 0 Å². The summed E-state index contributed by atoms with van der Waals surface area (Å²) < 4.78 is 0. The van der Waals surface area contributed by atoms with E-state index in [4.69, 9.17) is 5.73 Å². The molecule has 0 saturated heterocycles. The quantitative estimate of drug-likeness (QED) is 0.855. The molecule has 0 aliphatic heterocycles. The summed E-state index contributed by atoms with van der Waals surface area (Å²) in [4.78, 5) is 11.3. The number of benzene rings is 1. The lowest BCUT2D eigenvalue weighted by molar-refractivity contribution is 0.0999. The fraction of sp³-hybridized carbons (Fsp3) is 0.562. The molecule has 1 aromatic rings. The molecular weight excluding hydrogens is 236 g/mol. The number of rotatable bonds is 5. The fourth-order valence-electron chi connectivity index (χ4n) is 2.94. The van der Waals surface area contributed by atoms with Crippen LogP contribution in [-0.2, 0) is 6.54 Å². The van der Waals surface area contributed by atoms with Crippen molar-refractivity contribution in [2.24, 2.45) is 11.7 Å². The first kappa shape index (κ1) is 14.1. The third-order valence-corrected chi connectivity index (χ3v) is 4.29. The van der Waals surface area contributed by atoms with Gasteiger partial charge in [-0.05, 0) is 43.2 Å². The van der Waals surface area contributed by atoms with Crippen molar-refractivity contribution in [2.45, 2.75) is 51.6 Å². The zero-order chi connectivity index (χ0) is 13.7. The van der Waals surface area contributed by atoms with Gasteiger partial charge in [-0.15, -0.1) is 0 Å². The summed E-state index contributed by atoms with van der Waals surface area (Å²) in [6, 6.07) is 8.18. The highest BCUT2D eigenvalue weighted by Gasteiger charge is 2.19. The van der Waals surface area contributed by atoms with Gasteiger partial charge >= 0.3 is 0 Å². The summed E-state index contributed by atoms with van der Waals surface area (Å²) in [7, 11) is 0. The number of nitrogens with two attached hydrogens (primary N) is 1. The molecule has 1 saturated carbocycles. The predicted octanol–water partition coefficient (Wildman–Crippen LogP) is 2.84. The van der Waals surface area contributed by atoms with E-state index in [2.05, 4.69) is 12.2 Å². The minimum atomic E-state index is -0.341. The molecule has 1 amide bonds. The molecule has 3 nitrogen and oxygen atoms in total. The highest BCUT2D eigenvalue weighted by Crippen LogP contribution is 2.26. The van der Waals surface area contributed by atoms with Crippen molar-refractivity contribution >= 4 is 5.91 Å². The third kappa shape index (κ3) is 3.80. The predicted molar refractivity (Wildman–Crippen MR) is 77.8 cm³/mol. The van der Waals surface area contributed by atoms with E-state index in [9.17, 15) is 4.79 Å². The Hall–Kier alpha value is -1.35. The van der Waals surface area contributed by atoms with Crippen molar-refractivity contribution in [2.75, 3.05) is 0 Å². The molecule has 1 aliphatic carbocycles. The summed E-state index contributed by atoms with van der Waals surface area (Å²) in [5.41, 5.74) is 7.04. The monoisotopic (exact) mass is 260 g/mol. The normalized spacial score (nSPS) is 23.2. The second-order valence-electron chi connectivity index (χ2n) is 5.53. The molecule has 0 atom stereocenters. The second kappa shape index (κ2) is 6.71. The lowest BCUT2D eigenvalue weighted by Gasteiger charge is -2.28. The molecule has 1 aliphatic rings. The van der Waals surface area contributed by atoms with Gasteiger partial charge in [0.2, 0.25) is 5.91 Å². The number of carbonyl (C=O) groups is 1. The van der Waals surface area contributed by atoms with Crippen molar-refractivity contribution in [3.63, 3.8) is 0 Å². The Morgan fingerprint density at radius 1 is 1.26 bits per heavy atom. The Morgan fingerprint density at radius 2 is 1.95 bits per heavy atom. The van der Waals surface area contributed by atoms with Crippen LogP contribution < -0.4 is 11.1 Å². The first-order chi connectivity index (χ1) is 9.20.